The maximum Gasteiger partial charge on any atom is 0.200 e. The Morgan fingerprint density at radius 1 is 1.07 bits per heavy atom. The van der Waals surface area contributed by atoms with Crippen molar-refractivity contribution < 1.29 is 18.3 Å². The van der Waals surface area contributed by atoms with Crippen molar-refractivity contribution in [3.8, 4) is 28.7 Å². The van der Waals surface area contributed by atoms with Crippen LogP contribution in [-0.2, 0) is 5.60 Å². The first kappa shape index (κ1) is 19.6. The predicted octanol–water partition coefficient (Wildman–Crippen LogP) is 4.58. The van der Waals surface area contributed by atoms with Crippen LogP contribution in [0.4, 0.5) is 13.2 Å². The SMILES string of the molecule is CC(C)(O)c1cc(F)n2c(-c3cccc(-c4ccc(F)cc4C#N)n3)cnc2c1F. The summed E-state index contributed by atoms with van der Waals surface area (Å²) in [5, 5.41) is 19.4. The first-order valence-electron chi connectivity index (χ1n) is 8.96. The van der Waals surface area contributed by atoms with Crippen LogP contribution in [0.5, 0.6) is 0 Å². The zero-order chi connectivity index (χ0) is 21.6. The molecule has 30 heavy (non-hydrogen) atoms. The number of nitriles is 1. The molecule has 4 aromatic rings. The fourth-order valence-electron chi connectivity index (χ4n) is 3.28. The number of rotatable bonds is 3. The zero-order valence-corrected chi connectivity index (χ0v) is 16.0. The number of benzene rings is 1. The average molecular weight is 408 g/mol. The molecule has 0 aliphatic carbocycles. The van der Waals surface area contributed by atoms with Gasteiger partial charge in [0.1, 0.15) is 5.82 Å². The maximum atomic E-state index is 14.9. The van der Waals surface area contributed by atoms with E-state index in [1.54, 1.807) is 18.2 Å². The van der Waals surface area contributed by atoms with Crippen molar-refractivity contribution in [1.29, 1.82) is 5.26 Å². The smallest absolute Gasteiger partial charge is 0.200 e. The van der Waals surface area contributed by atoms with E-state index in [1.165, 1.54) is 32.2 Å². The third kappa shape index (κ3) is 3.19. The van der Waals surface area contributed by atoms with Crippen molar-refractivity contribution in [2.75, 3.05) is 0 Å². The lowest BCUT2D eigenvalue weighted by atomic mass is 9.99. The van der Waals surface area contributed by atoms with Crippen LogP contribution in [0.25, 0.3) is 28.3 Å². The van der Waals surface area contributed by atoms with Gasteiger partial charge in [-0.25, -0.2) is 18.7 Å². The molecular formula is C22H15F3N4O. The third-order valence-electron chi connectivity index (χ3n) is 4.72. The van der Waals surface area contributed by atoms with Gasteiger partial charge in [-0.3, -0.25) is 4.40 Å². The second kappa shape index (κ2) is 6.97. The van der Waals surface area contributed by atoms with E-state index in [9.17, 15) is 23.5 Å². The largest absolute Gasteiger partial charge is 0.386 e. The van der Waals surface area contributed by atoms with Gasteiger partial charge in [0.15, 0.2) is 11.5 Å². The molecule has 0 unspecified atom stereocenters. The summed E-state index contributed by atoms with van der Waals surface area (Å²) in [5.74, 6) is -2.20. The Hall–Kier alpha value is -3.70. The standard InChI is InChI=1S/C22H15F3N4O/c1-22(2,30)15-9-19(24)29-18(11-27-21(29)20(15)25)17-5-3-4-16(28-17)14-7-6-13(23)8-12(14)10-26/h3-9,11,30H,1-2H3. The van der Waals surface area contributed by atoms with Gasteiger partial charge in [0.05, 0.1) is 40.5 Å². The molecule has 0 aliphatic rings. The van der Waals surface area contributed by atoms with Crippen LogP contribution in [0.2, 0.25) is 0 Å². The summed E-state index contributed by atoms with van der Waals surface area (Å²) in [4.78, 5) is 8.42. The van der Waals surface area contributed by atoms with Crippen molar-refractivity contribution in [3.05, 3.63) is 77.4 Å². The Morgan fingerprint density at radius 2 is 1.80 bits per heavy atom. The number of fused-ring (bicyclic) bond motifs is 1. The number of hydrogen-bond donors (Lipinski definition) is 1. The van der Waals surface area contributed by atoms with Gasteiger partial charge < -0.3 is 5.11 Å². The highest BCUT2D eigenvalue weighted by atomic mass is 19.1. The van der Waals surface area contributed by atoms with Crippen LogP contribution in [0.3, 0.4) is 0 Å². The summed E-state index contributed by atoms with van der Waals surface area (Å²) < 4.78 is 44.1. The average Bonchev–Trinajstić information content (AvgIpc) is 3.16. The topological polar surface area (TPSA) is 74.2 Å². The molecular weight excluding hydrogens is 393 g/mol. The lowest BCUT2D eigenvalue weighted by Gasteiger charge is -2.19. The van der Waals surface area contributed by atoms with Crippen molar-refractivity contribution in [2.45, 2.75) is 19.4 Å². The fraction of sp³-hybridized carbons (Fsp3) is 0.136. The molecule has 0 fully saturated rings. The monoisotopic (exact) mass is 408 g/mol. The van der Waals surface area contributed by atoms with Gasteiger partial charge >= 0.3 is 0 Å². The Morgan fingerprint density at radius 3 is 2.50 bits per heavy atom. The van der Waals surface area contributed by atoms with Crippen LogP contribution in [0.1, 0.15) is 25.0 Å². The molecule has 1 aromatic carbocycles. The molecule has 0 atom stereocenters. The van der Waals surface area contributed by atoms with E-state index in [0.717, 1.165) is 16.5 Å². The summed E-state index contributed by atoms with van der Waals surface area (Å²) in [5.41, 5.74) is -0.741. The van der Waals surface area contributed by atoms with Gasteiger partial charge in [-0.05, 0) is 44.2 Å². The maximum absolute atomic E-state index is 14.9. The van der Waals surface area contributed by atoms with Crippen LogP contribution < -0.4 is 0 Å². The number of halogens is 3. The van der Waals surface area contributed by atoms with Crippen molar-refractivity contribution in [1.82, 2.24) is 14.4 Å². The number of aromatic nitrogens is 3. The number of nitrogens with zero attached hydrogens (tertiary/aromatic N) is 4. The van der Waals surface area contributed by atoms with Gasteiger partial charge in [-0.15, -0.1) is 0 Å². The molecule has 0 aliphatic heterocycles. The number of aliphatic hydroxyl groups is 1. The van der Waals surface area contributed by atoms with Crippen LogP contribution in [-0.4, -0.2) is 19.5 Å². The molecule has 0 saturated carbocycles. The van der Waals surface area contributed by atoms with E-state index in [0.29, 0.717) is 11.3 Å². The number of imidazole rings is 1. The summed E-state index contributed by atoms with van der Waals surface area (Å²) in [7, 11) is 0. The minimum Gasteiger partial charge on any atom is -0.386 e. The van der Waals surface area contributed by atoms with Crippen molar-refractivity contribution in [2.24, 2.45) is 0 Å². The Kier molecular flexibility index (Phi) is 4.56. The molecule has 0 saturated heterocycles. The zero-order valence-electron chi connectivity index (χ0n) is 16.0. The van der Waals surface area contributed by atoms with Crippen LogP contribution in [0, 0.1) is 28.9 Å². The second-order valence-electron chi connectivity index (χ2n) is 7.27. The molecule has 5 nitrogen and oxygen atoms in total. The molecule has 3 aromatic heterocycles. The van der Waals surface area contributed by atoms with E-state index in [4.69, 9.17) is 0 Å². The molecule has 0 bridgehead atoms. The summed E-state index contributed by atoms with van der Waals surface area (Å²) in [6.45, 7) is 2.71. The molecule has 0 amide bonds. The van der Waals surface area contributed by atoms with Gasteiger partial charge in [0.2, 0.25) is 5.95 Å². The van der Waals surface area contributed by atoms with E-state index >= 15 is 0 Å². The number of hydrogen-bond acceptors (Lipinski definition) is 4. The Labute approximate surface area is 169 Å². The normalized spacial score (nSPS) is 11.6. The third-order valence-corrected chi connectivity index (χ3v) is 4.72. The molecule has 8 heteroatoms. The minimum absolute atomic E-state index is 0.102. The lowest BCUT2D eigenvalue weighted by molar-refractivity contribution is 0.0741. The van der Waals surface area contributed by atoms with Gasteiger partial charge in [0, 0.05) is 17.2 Å². The molecule has 0 radical (unpaired) electrons. The quantitative estimate of drug-likeness (QED) is 0.504. The summed E-state index contributed by atoms with van der Waals surface area (Å²) in [6, 6.07) is 11.5. The van der Waals surface area contributed by atoms with E-state index in [2.05, 4.69) is 9.97 Å². The summed E-state index contributed by atoms with van der Waals surface area (Å²) in [6.07, 6.45) is 1.28. The van der Waals surface area contributed by atoms with Crippen LogP contribution >= 0.6 is 0 Å². The predicted molar refractivity (Wildman–Crippen MR) is 104 cm³/mol. The lowest BCUT2D eigenvalue weighted by Crippen LogP contribution is -2.19. The van der Waals surface area contributed by atoms with Gasteiger partial charge in [-0.2, -0.15) is 9.65 Å². The summed E-state index contributed by atoms with van der Waals surface area (Å²) >= 11 is 0. The van der Waals surface area contributed by atoms with Crippen LogP contribution in [0.15, 0.2) is 48.7 Å². The minimum atomic E-state index is -1.59. The molecule has 0 spiro atoms. The van der Waals surface area contributed by atoms with Gasteiger partial charge in [0.25, 0.3) is 0 Å². The molecule has 4 rings (SSSR count). The van der Waals surface area contributed by atoms with E-state index < -0.39 is 23.2 Å². The fourth-order valence-corrected chi connectivity index (χ4v) is 3.28. The highest BCUT2D eigenvalue weighted by Crippen LogP contribution is 2.31. The first-order valence-corrected chi connectivity index (χ1v) is 8.96. The molecule has 1 N–H and O–H groups in total. The van der Waals surface area contributed by atoms with Crippen molar-refractivity contribution in [3.63, 3.8) is 0 Å². The first-order chi connectivity index (χ1) is 14.2. The second-order valence-corrected chi connectivity index (χ2v) is 7.27. The number of pyridine rings is 2. The molecule has 150 valence electrons. The Bertz CT molecular complexity index is 1330. The highest BCUT2D eigenvalue weighted by molar-refractivity contribution is 5.70. The van der Waals surface area contributed by atoms with E-state index in [1.807, 2.05) is 6.07 Å². The molecule has 3 heterocycles. The van der Waals surface area contributed by atoms with Crippen molar-refractivity contribution >= 4 is 5.65 Å². The highest BCUT2D eigenvalue weighted by Gasteiger charge is 2.26. The van der Waals surface area contributed by atoms with Gasteiger partial charge in [-0.1, -0.05) is 6.07 Å². The van der Waals surface area contributed by atoms with E-state index in [-0.39, 0.29) is 28.2 Å². The Balaban J connectivity index is 1.90.